The molecule has 142 valence electrons. The number of rotatable bonds is 5. The maximum atomic E-state index is 14.2. The zero-order valence-corrected chi connectivity index (χ0v) is 15.7. The van der Waals surface area contributed by atoms with E-state index in [0.29, 0.717) is 42.0 Å². The van der Waals surface area contributed by atoms with Crippen LogP contribution >= 0.6 is 0 Å². The largest absolute Gasteiger partial charge is 0.377 e. The van der Waals surface area contributed by atoms with E-state index in [9.17, 15) is 14.0 Å². The van der Waals surface area contributed by atoms with Gasteiger partial charge in [0.25, 0.3) is 5.91 Å². The third-order valence-corrected chi connectivity index (χ3v) is 4.93. The van der Waals surface area contributed by atoms with Crippen molar-refractivity contribution in [1.29, 1.82) is 0 Å². The van der Waals surface area contributed by atoms with E-state index in [1.807, 2.05) is 4.90 Å². The predicted octanol–water partition coefficient (Wildman–Crippen LogP) is 4.34. The lowest BCUT2D eigenvalue weighted by Gasteiger charge is -2.35. The smallest absolute Gasteiger partial charge is 0.254 e. The van der Waals surface area contributed by atoms with Gasteiger partial charge in [0, 0.05) is 23.2 Å². The van der Waals surface area contributed by atoms with Crippen LogP contribution in [0, 0.1) is 5.82 Å². The van der Waals surface area contributed by atoms with Gasteiger partial charge in [-0.15, -0.1) is 0 Å². The number of nitrogens with zero attached hydrogens (tertiary/aromatic N) is 1. The van der Waals surface area contributed by atoms with Crippen molar-refractivity contribution >= 4 is 11.7 Å². The van der Waals surface area contributed by atoms with Gasteiger partial charge >= 0.3 is 0 Å². The number of Topliss-reactive ketones (excluding diaryl/α,β-unsaturated/α-hetero) is 1. The van der Waals surface area contributed by atoms with Gasteiger partial charge in [-0.2, -0.15) is 0 Å². The molecule has 0 aliphatic carbocycles. The maximum Gasteiger partial charge on any atom is 0.254 e. The highest BCUT2D eigenvalue weighted by atomic mass is 19.1. The highest BCUT2D eigenvalue weighted by molar-refractivity contribution is 5.96. The molecule has 5 heteroatoms. The molecule has 0 aromatic heterocycles. The van der Waals surface area contributed by atoms with Crippen molar-refractivity contribution in [2.45, 2.75) is 32.7 Å². The molecule has 0 N–H and O–H groups in total. The Morgan fingerprint density at radius 1 is 1.15 bits per heavy atom. The molecule has 0 unspecified atom stereocenters. The number of amides is 1. The number of benzene rings is 2. The van der Waals surface area contributed by atoms with Crippen LogP contribution in [0.1, 0.15) is 47.4 Å². The van der Waals surface area contributed by atoms with E-state index in [-0.39, 0.29) is 17.7 Å². The van der Waals surface area contributed by atoms with Gasteiger partial charge in [0.15, 0.2) is 5.78 Å². The Morgan fingerprint density at radius 3 is 2.52 bits per heavy atom. The fraction of sp³-hybridized carbons (Fsp3) is 0.364. The van der Waals surface area contributed by atoms with Crippen LogP contribution in [-0.4, -0.2) is 42.4 Å². The lowest BCUT2D eigenvalue weighted by Crippen LogP contribution is -2.48. The minimum absolute atomic E-state index is 0.0266. The van der Waals surface area contributed by atoms with Gasteiger partial charge in [0.05, 0.1) is 19.3 Å². The molecular formula is C22H24FNO3. The number of ketones is 1. The van der Waals surface area contributed by atoms with E-state index < -0.39 is 5.82 Å². The van der Waals surface area contributed by atoms with E-state index in [2.05, 4.69) is 6.92 Å². The fourth-order valence-corrected chi connectivity index (χ4v) is 3.42. The molecule has 1 aliphatic rings. The number of morpholine rings is 1. The first-order valence-electron chi connectivity index (χ1n) is 9.31. The molecule has 2 aromatic rings. The number of ether oxygens (including phenoxy) is 1. The quantitative estimate of drug-likeness (QED) is 0.737. The predicted molar refractivity (Wildman–Crippen MR) is 102 cm³/mol. The number of carbonyl (C=O) groups is 2. The van der Waals surface area contributed by atoms with Gasteiger partial charge in [-0.3, -0.25) is 9.59 Å². The summed E-state index contributed by atoms with van der Waals surface area (Å²) in [5.74, 6) is -0.533. The van der Waals surface area contributed by atoms with E-state index in [1.165, 1.54) is 19.1 Å². The van der Waals surface area contributed by atoms with Crippen LogP contribution in [0.2, 0.25) is 0 Å². The topological polar surface area (TPSA) is 46.6 Å². The summed E-state index contributed by atoms with van der Waals surface area (Å²) in [6.45, 7) is 5.25. The monoisotopic (exact) mass is 369 g/mol. The average molecular weight is 369 g/mol. The Balaban J connectivity index is 1.84. The molecule has 0 saturated carbocycles. The van der Waals surface area contributed by atoms with Crippen LogP contribution in [0.5, 0.6) is 0 Å². The highest BCUT2D eigenvalue weighted by Gasteiger charge is 2.27. The zero-order chi connectivity index (χ0) is 19.4. The van der Waals surface area contributed by atoms with Gasteiger partial charge in [-0.1, -0.05) is 25.5 Å². The van der Waals surface area contributed by atoms with Gasteiger partial charge < -0.3 is 9.64 Å². The highest BCUT2D eigenvalue weighted by Crippen LogP contribution is 2.25. The van der Waals surface area contributed by atoms with E-state index in [4.69, 9.17) is 4.74 Å². The Kier molecular flexibility index (Phi) is 6.01. The summed E-state index contributed by atoms with van der Waals surface area (Å²) in [7, 11) is 0. The molecule has 0 radical (unpaired) electrons. The summed E-state index contributed by atoms with van der Waals surface area (Å²) in [4.78, 5) is 26.3. The Bertz CT molecular complexity index is 830. The van der Waals surface area contributed by atoms with Crippen LogP contribution in [-0.2, 0) is 4.74 Å². The summed E-state index contributed by atoms with van der Waals surface area (Å²) in [5, 5.41) is 0. The number of halogens is 1. The lowest BCUT2D eigenvalue weighted by atomic mass is 9.99. The van der Waals surface area contributed by atoms with Crippen LogP contribution < -0.4 is 0 Å². The summed E-state index contributed by atoms with van der Waals surface area (Å²) >= 11 is 0. The molecule has 27 heavy (non-hydrogen) atoms. The van der Waals surface area contributed by atoms with Crippen LogP contribution in [0.25, 0.3) is 11.1 Å². The first-order valence-corrected chi connectivity index (χ1v) is 9.31. The molecule has 0 bridgehead atoms. The van der Waals surface area contributed by atoms with Gasteiger partial charge in [0.1, 0.15) is 5.82 Å². The summed E-state index contributed by atoms with van der Waals surface area (Å²) in [6, 6.07) is 11.3. The molecule has 1 atom stereocenters. The fourth-order valence-electron chi connectivity index (χ4n) is 3.42. The first-order chi connectivity index (χ1) is 13.0. The molecule has 1 amide bonds. The lowest BCUT2D eigenvalue weighted by molar-refractivity contribution is -0.00433. The average Bonchev–Trinajstić information content (AvgIpc) is 2.68. The van der Waals surface area contributed by atoms with Crippen molar-refractivity contribution < 1.29 is 18.7 Å². The van der Waals surface area contributed by atoms with Crippen molar-refractivity contribution in [3.63, 3.8) is 0 Å². The van der Waals surface area contributed by atoms with Crippen molar-refractivity contribution in [2.24, 2.45) is 0 Å². The number of hydrogen-bond donors (Lipinski definition) is 0. The van der Waals surface area contributed by atoms with Crippen molar-refractivity contribution in [3.8, 4) is 11.1 Å². The van der Waals surface area contributed by atoms with E-state index >= 15 is 0 Å². The first kappa shape index (κ1) is 19.2. The standard InChI is InChI=1S/C22H24FNO3/c1-3-4-19-14-27-12-11-24(19)22(26)17-7-5-16(6-8-17)20-13-18(15(2)25)9-10-21(20)23/h5-10,13,19H,3-4,11-12,14H2,1-2H3/t19-/m0/s1. The third-order valence-electron chi connectivity index (χ3n) is 4.93. The van der Waals surface area contributed by atoms with Crippen molar-refractivity contribution in [1.82, 2.24) is 4.90 Å². The minimum atomic E-state index is -0.393. The number of carbonyl (C=O) groups excluding carboxylic acids is 2. The van der Waals surface area contributed by atoms with Gasteiger partial charge in [0.2, 0.25) is 0 Å². The van der Waals surface area contributed by atoms with Crippen LogP contribution in [0.3, 0.4) is 0 Å². The molecule has 1 saturated heterocycles. The van der Waals surface area contributed by atoms with E-state index in [1.54, 1.807) is 30.3 Å². The van der Waals surface area contributed by atoms with Crippen LogP contribution in [0.4, 0.5) is 4.39 Å². The van der Waals surface area contributed by atoms with Crippen molar-refractivity contribution in [2.75, 3.05) is 19.8 Å². The molecule has 3 rings (SSSR count). The molecule has 1 fully saturated rings. The maximum absolute atomic E-state index is 14.2. The Hall–Kier alpha value is -2.53. The molecular weight excluding hydrogens is 345 g/mol. The normalized spacial score (nSPS) is 17.0. The molecule has 4 nitrogen and oxygen atoms in total. The second kappa shape index (κ2) is 8.44. The molecule has 2 aromatic carbocycles. The third kappa shape index (κ3) is 4.25. The SMILES string of the molecule is CCC[C@H]1COCCN1C(=O)c1ccc(-c2cc(C(C)=O)ccc2F)cc1. The molecule has 1 aliphatic heterocycles. The van der Waals surface area contributed by atoms with Gasteiger partial charge in [-0.05, 0) is 49.2 Å². The van der Waals surface area contributed by atoms with Gasteiger partial charge in [-0.25, -0.2) is 4.39 Å². The molecule has 1 heterocycles. The summed E-state index contributed by atoms with van der Waals surface area (Å²) < 4.78 is 19.7. The summed E-state index contributed by atoms with van der Waals surface area (Å²) in [5.41, 5.74) is 2.03. The second-order valence-corrected chi connectivity index (χ2v) is 6.84. The summed E-state index contributed by atoms with van der Waals surface area (Å²) in [6.07, 6.45) is 1.90. The van der Waals surface area contributed by atoms with Crippen LogP contribution in [0.15, 0.2) is 42.5 Å². The number of hydrogen-bond acceptors (Lipinski definition) is 3. The van der Waals surface area contributed by atoms with E-state index in [0.717, 1.165) is 12.8 Å². The zero-order valence-electron chi connectivity index (χ0n) is 15.7. The minimum Gasteiger partial charge on any atom is -0.377 e. The second-order valence-electron chi connectivity index (χ2n) is 6.84. The Labute approximate surface area is 158 Å². The Morgan fingerprint density at radius 2 is 1.85 bits per heavy atom. The van der Waals surface area contributed by atoms with Crippen molar-refractivity contribution in [3.05, 3.63) is 59.4 Å². The molecule has 0 spiro atoms.